The first kappa shape index (κ1) is 27.3. The molecule has 0 saturated carbocycles. The molecule has 0 unspecified atom stereocenters. The van der Waals surface area contributed by atoms with E-state index in [1.165, 1.54) is 0 Å². The van der Waals surface area contributed by atoms with Crippen LogP contribution in [0.5, 0.6) is 0 Å². The minimum atomic E-state index is -2.60. The number of carbonyl (C=O) groups is 2. The van der Waals surface area contributed by atoms with Crippen molar-refractivity contribution in [3.05, 3.63) is 136 Å². The SMILES string of the molecule is CCC(CC)(C(=O)O[I+](c1ccccc1)c1ccccc1)C(=O)O[I+](c1ccccc1)c1ccccc1. The van der Waals surface area contributed by atoms with E-state index in [-0.39, 0.29) is 0 Å². The molecule has 0 aliphatic carbocycles. The van der Waals surface area contributed by atoms with E-state index in [1.807, 2.05) is 135 Å². The Kier molecular flexibility index (Phi) is 9.74. The monoisotopic (exact) mass is 720 g/mol. The van der Waals surface area contributed by atoms with Crippen molar-refractivity contribution in [1.82, 2.24) is 0 Å². The van der Waals surface area contributed by atoms with Crippen molar-refractivity contribution < 1.29 is 56.2 Å². The van der Waals surface area contributed by atoms with E-state index in [4.69, 9.17) is 6.13 Å². The zero-order valence-electron chi connectivity index (χ0n) is 20.9. The molecule has 0 saturated heterocycles. The molecule has 0 spiro atoms. The highest BCUT2D eigenvalue weighted by Crippen LogP contribution is 2.28. The third kappa shape index (κ3) is 6.41. The summed E-state index contributed by atoms with van der Waals surface area (Å²) in [5.41, 5.74) is -1.36. The molecule has 0 aliphatic rings. The lowest BCUT2D eigenvalue weighted by molar-refractivity contribution is -1.04. The summed E-state index contributed by atoms with van der Waals surface area (Å²) in [6, 6.07) is 39.4. The van der Waals surface area contributed by atoms with Crippen LogP contribution < -0.4 is 40.5 Å². The molecule has 4 aromatic carbocycles. The summed E-state index contributed by atoms with van der Waals surface area (Å²) < 4.78 is 16.6. The molecular weight excluding hydrogens is 690 g/mol. The fourth-order valence-electron chi connectivity index (χ4n) is 3.75. The summed E-state index contributed by atoms with van der Waals surface area (Å²) in [4.78, 5) is 27.8. The van der Waals surface area contributed by atoms with Gasteiger partial charge in [0.1, 0.15) is 0 Å². The number of benzene rings is 4. The van der Waals surface area contributed by atoms with Gasteiger partial charge in [-0.1, -0.05) is 86.6 Å². The standard InChI is InChI=1S/C31H30I2O4/c1-3-31(4-2,29(34)36-32(25-17-9-5-10-18-25)26-19-11-6-12-20-26)30(35)37-33(27-21-13-7-14-22-27)28-23-15-8-16-24-28/h5-24H,3-4H2,1-2H3/q+2. The molecule has 0 heterocycles. The van der Waals surface area contributed by atoms with Crippen LogP contribution in [0.2, 0.25) is 0 Å². The van der Waals surface area contributed by atoms with Gasteiger partial charge in [0, 0.05) is 0 Å². The van der Waals surface area contributed by atoms with Gasteiger partial charge in [-0.05, 0) is 61.4 Å². The summed E-state index contributed by atoms with van der Waals surface area (Å²) in [6.07, 6.45) is 0.616. The molecule has 0 bridgehead atoms. The van der Waals surface area contributed by atoms with E-state index in [9.17, 15) is 9.59 Å². The van der Waals surface area contributed by atoms with Crippen molar-refractivity contribution in [3.63, 3.8) is 0 Å². The topological polar surface area (TPSA) is 52.6 Å². The lowest BCUT2D eigenvalue weighted by Gasteiger charge is -2.23. The van der Waals surface area contributed by atoms with Crippen LogP contribution in [0.1, 0.15) is 26.7 Å². The predicted octanol–water partition coefficient (Wildman–Crippen LogP) is 0.438. The van der Waals surface area contributed by atoms with Crippen LogP contribution in [0.15, 0.2) is 121 Å². The summed E-state index contributed by atoms with van der Waals surface area (Å²) >= 11 is -5.20. The van der Waals surface area contributed by atoms with Crippen LogP contribution in [-0.4, -0.2) is 11.9 Å². The fraction of sp³-hybridized carbons (Fsp3) is 0.161. The first-order chi connectivity index (χ1) is 18.1. The van der Waals surface area contributed by atoms with Crippen LogP contribution in [0.25, 0.3) is 0 Å². The molecule has 4 aromatic rings. The van der Waals surface area contributed by atoms with Gasteiger partial charge in [-0.2, -0.15) is 0 Å². The smallest absolute Gasteiger partial charge is 0.245 e. The van der Waals surface area contributed by atoms with E-state index in [0.717, 1.165) is 14.3 Å². The van der Waals surface area contributed by atoms with Crippen molar-refractivity contribution in [1.29, 1.82) is 0 Å². The molecule has 0 aromatic heterocycles. The predicted molar refractivity (Wildman–Crippen MR) is 136 cm³/mol. The highest BCUT2D eigenvalue weighted by atomic mass is 127. The summed E-state index contributed by atoms with van der Waals surface area (Å²) in [7, 11) is 0. The Labute approximate surface area is 234 Å². The van der Waals surface area contributed by atoms with E-state index in [0.29, 0.717) is 12.8 Å². The minimum Gasteiger partial charge on any atom is -0.245 e. The second-order valence-corrected chi connectivity index (χ2v) is 16.9. The molecule has 0 amide bonds. The zero-order valence-corrected chi connectivity index (χ0v) is 25.2. The number of hydrogen-bond donors (Lipinski definition) is 0. The summed E-state index contributed by atoms with van der Waals surface area (Å²) in [5, 5.41) is 0. The Morgan fingerprint density at radius 1 is 0.514 bits per heavy atom. The average molecular weight is 720 g/mol. The molecular formula is C31H30I2O4+2. The molecule has 4 rings (SSSR count). The molecule has 0 atom stereocenters. The van der Waals surface area contributed by atoms with Gasteiger partial charge < -0.3 is 0 Å². The van der Waals surface area contributed by atoms with Gasteiger partial charge in [-0.3, -0.25) is 0 Å². The maximum absolute atomic E-state index is 13.9. The highest BCUT2D eigenvalue weighted by molar-refractivity contribution is 5.99. The first-order valence-electron chi connectivity index (χ1n) is 12.1. The molecule has 0 fully saturated rings. The van der Waals surface area contributed by atoms with Gasteiger partial charge in [-0.15, -0.1) is 0 Å². The lowest BCUT2D eigenvalue weighted by Crippen LogP contribution is -3.86. The van der Waals surface area contributed by atoms with Gasteiger partial charge in [-0.25, -0.2) is 15.7 Å². The Morgan fingerprint density at radius 2 is 0.757 bits per heavy atom. The van der Waals surface area contributed by atoms with Crippen molar-refractivity contribution in [3.8, 4) is 0 Å². The molecule has 190 valence electrons. The second kappa shape index (κ2) is 13.2. The average Bonchev–Trinajstić information content (AvgIpc) is 2.97. The zero-order chi connectivity index (χ0) is 26.1. The third-order valence-electron chi connectivity index (χ3n) is 6.01. The van der Waals surface area contributed by atoms with Crippen LogP contribution in [0.3, 0.4) is 0 Å². The number of rotatable bonds is 10. The van der Waals surface area contributed by atoms with Crippen molar-refractivity contribution in [2.45, 2.75) is 26.7 Å². The van der Waals surface area contributed by atoms with Gasteiger partial charge in [0.15, 0.2) is 19.7 Å². The Hall–Kier alpha value is -2.72. The van der Waals surface area contributed by atoms with Crippen LogP contribution in [0.4, 0.5) is 0 Å². The molecule has 2 radical (unpaired) electrons. The Bertz CT molecular complexity index is 1100. The Morgan fingerprint density at radius 3 is 0.973 bits per heavy atom. The molecule has 4 nitrogen and oxygen atoms in total. The largest absolute Gasteiger partial charge is 0.377 e. The highest BCUT2D eigenvalue weighted by Gasteiger charge is 2.54. The molecule has 0 aliphatic heterocycles. The quantitative estimate of drug-likeness (QED) is 0.177. The maximum atomic E-state index is 13.9. The first-order valence-corrected chi connectivity index (χ1v) is 18.2. The summed E-state index contributed by atoms with van der Waals surface area (Å²) in [6.45, 7) is 3.72. The number of hydrogen-bond acceptors (Lipinski definition) is 4. The minimum absolute atomic E-state index is 0.308. The van der Waals surface area contributed by atoms with Crippen LogP contribution >= 0.6 is 0 Å². The van der Waals surface area contributed by atoms with Crippen molar-refractivity contribution in [2.75, 3.05) is 0 Å². The number of halogens is 2. The molecule has 6 heteroatoms. The van der Waals surface area contributed by atoms with E-state index in [1.54, 1.807) is 0 Å². The van der Waals surface area contributed by atoms with Gasteiger partial charge in [0.25, 0.3) is 0 Å². The van der Waals surface area contributed by atoms with Crippen molar-refractivity contribution >= 4 is 11.9 Å². The lowest BCUT2D eigenvalue weighted by atomic mass is 9.83. The van der Waals surface area contributed by atoms with Gasteiger partial charge >= 0.3 is 52.4 Å². The van der Waals surface area contributed by atoms with E-state index in [2.05, 4.69) is 0 Å². The molecule has 0 N–H and O–H groups in total. The second-order valence-electron chi connectivity index (χ2n) is 8.20. The van der Waals surface area contributed by atoms with Crippen LogP contribution in [-0.2, 0) is 15.7 Å². The van der Waals surface area contributed by atoms with Gasteiger partial charge in [0.2, 0.25) is 0 Å². The van der Waals surface area contributed by atoms with Crippen molar-refractivity contribution in [2.24, 2.45) is 5.41 Å². The fourth-order valence-corrected chi connectivity index (χ4v) is 12.1. The van der Waals surface area contributed by atoms with Gasteiger partial charge in [0.05, 0.1) is 0 Å². The van der Waals surface area contributed by atoms with E-state index >= 15 is 0 Å². The van der Waals surface area contributed by atoms with E-state index < -0.39 is 57.8 Å². The number of carbonyl (C=O) groups excluding carboxylic acids is 2. The Balaban J connectivity index is 1.66. The third-order valence-corrected chi connectivity index (χ3v) is 15.1. The van der Waals surface area contributed by atoms with Crippen LogP contribution in [0, 0.1) is 19.7 Å². The summed E-state index contributed by atoms with van der Waals surface area (Å²) in [5.74, 6) is -0.977. The normalized spacial score (nSPS) is 11.4. The maximum Gasteiger partial charge on any atom is 0.377 e. The molecule has 37 heavy (non-hydrogen) atoms.